The van der Waals surface area contributed by atoms with Gasteiger partial charge in [0.15, 0.2) is 6.10 Å². The van der Waals surface area contributed by atoms with Crippen molar-refractivity contribution in [3.63, 3.8) is 0 Å². The van der Waals surface area contributed by atoms with Gasteiger partial charge in [0.1, 0.15) is 10.7 Å². The van der Waals surface area contributed by atoms with Crippen LogP contribution in [0.3, 0.4) is 0 Å². The highest BCUT2D eigenvalue weighted by Gasteiger charge is 2.21. The van der Waals surface area contributed by atoms with Gasteiger partial charge < -0.3 is 14.6 Å². The molecule has 7 nitrogen and oxygen atoms in total. The summed E-state index contributed by atoms with van der Waals surface area (Å²) in [6, 6.07) is 0. The molecule has 1 aliphatic carbocycles. The Morgan fingerprint density at radius 3 is 2.77 bits per heavy atom. The van der Waals surface area contributed by atoms with Crippen molar-refractivity contribution >= 4 is 33.4 Å². The van der Waals surface area contributed by atoms with Crippen LogP contribution in [-0.4, -0.2) is 46.9 Å². The first kappa shape index (κ1) is 18.6. The number of ether oxygens (including phenoxy) is 1. The second kappa shape index (κ2) is 7.57. The summed E-state index contributed by atoms with van der Waals surface area (Å²) < 4.78 is 5.13. The van der Waals surface area contributed by atoms with Crippen LogP contribution >= 0.6 is 11.3 Å². The molecule has 2 heterocycles. The van der Waals surface area contributed by atoms with Crippen LogP contribution < -0.4 is 5.56 Å². The lowest BCUT2D eigenvalue weighted by atomic mass is 9.97. The predicted molar refractivity (Wildman–Crippen MR) is 99.5 cm³/mol. The van der Waals surface area contributed by atoms with Crippen molar-refractivity contribution in [2.75, 3.05) is 14.1 Å². The fraction of sp³-hybridized carbons (Fsp3) is 0.556. The molecular weight excluding hydrogens is 354 g/mol. The summed E-state index contributed by atoms with van der Waals surface area (Å²) in [5, 5.41) is 0.709. The summed E-state index contributed by atoms with van der Waals surface area (Å²) in [6.45, 7) is 1.54. The average Bonchev–Trinajstić information content (AvgIpc) is 2.97. The van der Waals surface area contributed by atoms with Crippen LogP contribution in [-0.2, 0) is 33.6 Å². The van der Waals surface area contributed by atoms with Crippen molar-refractivity contribution in [2.45, 2.75) is 51.6 Å². The summed E-state index contributed by atoms with van der Waals surface area (Å²) in [7, 11) is 3.22. The van der Waals surface area contributed by atoms with E-state index in [4.69, 9.17) is 4.74 Å². The number of carbonyl (C=O) groups is 2. The van der Waals surface area contributed by atoms with E-state index in [1.807, 2.05) is 0 Å². The Morgan fingerprint density at radius 1 is 1.31 bits per heavy atom. The van der Waals surface area contributed by atoms with E-state index in [2.05, 4.69) is 9.97 Å². The third kappa shape index (κ3) is 3.80. The van der Waals surface area contributed by atoms with E-state index in [0.717, 1.165) is 36.1 Å². The monoisotopic (exact) mass is 377 g/mol. The number of hydrogen-bond acceptors (Lipinski definition) is 6. The fourth-order valence-electron chi connectivity index (χ4n) is 3.22. The first-order valence-electron chi connectivity index (χ1n) is 8.81. The van der Waals surface area contributed by atoms with Crippen LogP contribution in [0, 0.1) is 0 Å². The van der Waals surface area contributed by atoms with E-state index in [-0.39, 0.29) is 24.3 Å². The summed E-state index contributed by atoms with van der Waals surface area (Å²) >= 11 is 1.58. The lowest BCUT2D eigenvalue weighted by Crippen LogP contribution is -2.35. The molecule has 0 unspecified atom stereocenters. The molecule has 2 aromatic heterocycles. The number of fused-ring (bicyclic) bond motifs is 3. The smallest absolute Gasteiger partial charge is 0.307 e. The van der Waals surface area contributed by atoms with Crippen LogP contribution in [0.4, 0.5) is 0 Å². The van der Waals surface area contributed by atoms with Crippen molar-refractivity contribution in [1.29, 1.82) is 0 Å². The van der Waals surface area contributed by atoms with Gasteiger partial charge in [0, 0.05) is 25.4 Å². The number of aromatic nitrogens is 2. The van der Waals surface area contributed by atoms with E-state index in [0.29, 0.717) is 11.2 Å². The van der Waals surface area contributed by atoms with Gasteiger partial charge in [-0.25, -0.2) is 4.98 Å². The molecule has 0 radical (unpaired) electrons. The normalized spacial score (nSPS) is 14.7. The fourth-order valence-corrected chi connectivity index (χ4v) is 4.50. The topological polar surface area (TPSA) is 92.4 Å². The molecule has 0 fully saturated rings. The van der Waals surface area contributed by atoms with Gasteiger partial charge in [-0.1, -0.05) is 0 Å². The third-order valence-corrected chi connectivity index (χ3v) is 5.72. The maximum atomic E-state index is 12.5. The van der Waals surface area contributed by atoms with Crippen molar-refractivity contribution in [1.82, 2.24) is 14.9 Å². The van der Waals surface area contributed by atoms with E-state index in [1.165, 1.54) is 9.78 Å². The SMILES string of the molecule is C[C@@H](OC(=O)CCc1nc2sc3c(c2c(=O)[nH]1)CCCC3)C(=O)N(C)C. The molecule has 1 N–H and O–H groups in total. The molecule has 0 saturated heterocycles. The van der Waals surface area contributed by atoms with Crippen molar-refractivity contribution < 1.29 is 14.3 Å². The van der Waals surface area contributed by atoms with Crippen LogP contribution in [0.5, 0.6) is 0 Å². The zero-order valence-corrected chi connectivity index (χ0v) is 16.1. The predicted octanol–water partition coefficient (Wildman–Crippen LogP) is 1.82. The number of esters is 1. The van der Waals surface area contributed by atoms with E-state index in [1.54, 1.807) is 32.4 Å². The molecule has 1 aliphatic rings. The minimum atomic E-state index is -0.823. The van der Waals surface area contributed by atoms with Gasteiger partial charge in [0.05, 0.1) is 11.8 Å². The Kier molecular flexibility index (Phi) is 5.41. The number of aromatic amines is 1. The zero-order valence-electron chi connectivity index (χ0n) is 15.3. The first-order chi connectivity index (χ1) is 12.4. The molecule has 0 saturated carbocycles. The number of thiophene rings is 1. The van der Waals surface area contributed by atoms with E-state index < -0.39 is 12.1 Å². The lowest BCUT2D eigenvalue weighted by molar-refractivity contribution is -0.157. The number of likely N-dealkylation sites (N-methyl/N-ethyl adjacent to an activating group) is 1. The molecule has 1 amide bonds. The van der Waals surface area contributed by atoms with Gasteiger partial charge in [-0.3, -0.25) is 14.4 Å². The molecule has 26 heavy (non-hydrogen) atoms. The van der Waals surface area contributed by atoms with E-state index >= 15 is 0 Å². The highest BCUT2D eigenvalue weighted by Crippen LogP contribution is 2.33. The summed E-state index contributed by atoms with van der Waals surface area (Å²) in [5.41, 5.74) is 1.01. The number of amides is 1. The largest absolute Gasteiger partial charge is 0.453 e. The van der Waals surface area contributed by atoms with Crippen LogP contribution in [0.25, 0.3) is 10.2 Å². The van der Waals surface area contributed by atoms with E-state index in [9.17, 15) is 14.4 Å². The summed E-state index contributed by atoms with van der Waals surface area (Å²) in [4.78, 5) is 46.9. The summed E-state index contributed by atoms with van der Waals surface area (Å²) in [6.07, 6.45) is 3.71. The van der Waals surface area contributed by atoms with Crippen LogP contribution in [0.2, 0.25) is 0 Å². The minimum Gasteiger partial charge on any atom is -0.453 e. The van der Waals surface area contributed by atoms with Crippen molar-refractivity contribution in [3.05, 3.63) is 26.6 Å². The van der Waals surface area contributed by atoms with Gasteiger partial charge >= 0.3 is 5.97 Å². The Hall–Kier alpha value is -2.22. The molecule has 0 bridgehead atoms. The first-order valence-corrected chi connectivity index (χ1v) is 9.62. The van der Waals surface area contributed by atoms with Gasteiger partial charge in [-0.15, -0.1) is 11.3 Å². The molecule has 8 heteroatoms. The molecular formula is C18H23N3O4S. The Balaban J connectivity index is 1.69. The summed E-state index contributed by atoms with van der Waals surface area (Å²) in [5.74, 6) is -0.277. The lowest BCUT2D eigenvalue weighted by Gasteiger charge is -2.17. The average molecular weight is 377 g/mol. The molecule has 1 atom stereocenters. The highest BCUT2D eigenvalue weighted by atomic mass is 32.1. The Bertz CT molecular complexity index is 900. The highest BCUT2D eigenvalue weighted by molar-refractivity contribution is 7.18. The van der Waals surface area contributed by atoms with Gasteiger partial charge in [-0.2, -0.15) is 0 Å². The standard InChI is InChI=1S/C18H23N3O4S/c1-10(18(24)21(2)3)25-14(22)9-8-13-19-16(23)15-11-6-4-5-7-12(11)26-17(15)20-13/h10H,4-9H2,1-3H3,(H,19,20,23)/t10-/m1/s1. The quantitative estimate of drug-likeness (QED) is 0.803. The maximum absolute atomic E-state index is 12.5. The Morgan fingerprint density at radius 2 is 2.04 bits per heavy atom. The number of aryl methyl sites for hydroxylation is 3. The number of H-pyrrole nitrogens is 1. The van der Waals surface area contributed by atoms with Gasteiger partial charge in [0.2, 0.25) is 0 Å². The zero-order chi connectivity index (χ0) is 18.8. The third-order valence-electron chi connectivity index (χ3n) is 4.54. The molecule has 2 aromatic rings. The molecule has 0 aliphatic heterocycles. The van der Waals surface area contributed by atoms with Crippen molar-refractivity contribution in [2.24, 2.45) is 0 Å². The van der Waals surface area contributed by atoms with Crippen LogP contribution in [0.1, 0.15) is 42.5 Å². The molecule has 140 valence electrons. The number of rotatable bonds is 5. The molecule has 0 aromatic carbocycles. The molecule has 0 spiro atoms. The molecule has 3 rings (SSSR count). The van der Waals surface area contributed by atoms with Crippen LogP contribution in [0.15, 0.2) is 4.79 Å². The minimum absolute atomic E-state index is 0.0601. The second-order valence-electron chi connectivity index (χ2n) is 6.77. The number of nitrogens with zero attached hydrogens (tertiary/aromatic N) is 2. The number of hydrogen-bond donors (Lipinski definition) is 1. The number of nitrogens with one attached hydrogen (secondary N) is 1. The maximum Gasteiger partial charge on any atom is 0.307 e. The van der Waals surface area contributed by atoms with Gasteiger partial charge in [0.25, 0.3) is 11.5 Å². The van der Waals surface area contributed by atoms with Crippen molar-refractivity contribution in [3.8, 4) is 0 Å². The Labute approximate surface area is 155 Å². The number of carbonyl (C=O) groups excluding carboxylic acids is 2. The second-order valence-corrected chi connectivity index (χ2v) is 7.85. The van der Waals surface area contributed by atoms with Gasteiger partial charge in [-0.05, 0) is 38.2 Å².